The van der Waals surface area contributed by atoms with Gasteiger partial charge in [-0.2, -0.15) is 0 Å². The lowest BCUT2D eigenvalue weighted by Crippen LogP contribution is -2.51. The Morgan fingerprint density at radius 3 is 2.76 bits per heavy atom. The lowest BCUT2D eigenvalue weighted by Gasteiger charge is -2.24. The highest BCUT2D eigenvalue weighted by Crippen LogP contribution is 2.17. The fraction of sp³-hybridized carbons (Fsp3) is 0.917. The van der Waals surface area contributed by atoms with Gasteiger partial charge < -0.3 is 20.1 Å². The van der Waals surface area contributed by atoms with E-state index >= 15 is 0 Å². The molecule has 2 rings (SSSR count). The summed E-state index contributed by atoms with van der Waals surface area (Å²) >= 11 is 0. The first-order valence-corrected chi connectivity index (χ1v) is 6.53. The van der Waals surface area contributed by atoms with Gasteiger partial charge in [0.1, 0.15) is 6.04 Å². The number of carbonyl (C=O) groups is 1. The van der Waals surface area contributed by atoms with Crippen LogP contribution in [0.25, 0.3) is 0 Å². The molecule has 0 spiro atoms. The van der Waals surface area contributed by atoms with Crippen LogP contribution in [-0.2, 0) is 14.3 Å². The second-order valence-electron chi connectivity index (χ2n) is 4.72. The van der Waals surface area contributed by atoms with Crippen LogP contribution in [0.1, 0.15) is 19.3 Å². The van der Waals surface area contributed by atoms with Gasteiger partial charge in [0.2, 0.25) is 5.91 Å². The lowest BCUT2D eigenvalue weighted by atomic mass is 9.97. The lowest BCUT2D eigenvalue weighted by molar-refractivity contribution is -0.125. The number of amides is 1. The van der Waals surface area contributed by atoms with E-state index in [2.05, 4.69) is 10.6 Å². The van der Waals surface area contributed by atoms with Crippen molar-refractivity contribution in [2.24, 2.45) is 5.92 Å². The number of carbonyl (C=O) groups excluding carboxylic acids is 1. The van der Waals surface area contributed by atoms with Gasteiger partial charge in [-0.25, -0.2) is 0 Å². The van der Waals surface area contributed by atoms with E-state index < -0.39 is 0 Å². The van der Waals surface area contributed by atoms with Gasteiger partial charge in [0, 0.05) is 26.3 Å². The van der Waals surface area contributed by atoms with Crippen molar-refractivity contribution in [3.05, 3.63) is 0 Å². The molecule has 0 aliphatic carbocycles. The Balaban J connectivity index is 1.58. The van der Waals surface area contributed by atoms with Crippen LogP contribution in [0, 0.1) is 5.92 Å². The van der Waals surface area contributed by atoms with Crippen LogP contribution in [-0.4, -0.2) is 51.5 Å². The largest absolute Gasteiger partial charge is 0.381 e. The van der Waals surface area contributed by atoms with Gasteiger partial charge >= 0.3 is 0 Å². The third kappa shape index (κ3) is 4.26. The average molecular weight is 242 g/mol. The molecular weight excluding hydrogens is 220 g/mol. The molecule has 17 heavy (non-hydrogen) atoms. The molecule has 0 radical (unpaired) electrons. The zero-order chi connectivity index (χ0) is 11.9. The maximum atomic E-state index is 11.8. The number of hydrogen-bond acceptors (Lipinski definition) is 4. The molecule has 2 N–H and O–H groups in total. The van der Waals surface area contributed by atoms with Crippen LogP contribution in [0.15, 0.2) is 0 Å². The number of morpholine rings is 1. The second-order valence-corrected chi connectivity index (χ2v) is 4.72. The van der Waals surface area contributed by atoms with E-state index in [-0.39, 0.29) is 11.9 Å². The van der Waals surface area contributed by atoms with Crippen molar-refractivity contribution >= 4 is 5.91 Å². The SMILES string of the molecule is O=C(NCCC1CCOCC1)C1COCCN1. The predicted molar refractivity (Wildman–Crippen MR) is 63.8 cm³/mol. The molecule has 1 unspecified atom stereocenters. The summed E-state index contributed by atoms with van der Waals surface area (Å²) in [6, 6.07) is -0.168. The van der Waals surface area contributed by atoms with Gasteiger partial charge in [-0.1, -0.05) is 0 Å². The summed E-state index contributed by atoms with van der Waals surface area (Å²) in [7, 11) is 0. The average Bonchev–Trinajstić information content (AvgIpc) is 2.41. The zero-order valence-corrected chi connectivity index (χ0v) is 10.2. The van der Waals surface area contributed by atoms with Crippen molar-refractivity contribution in [2.75, 3.05) is 39.5 Å². The van der Waals surface area contributed by atoms with Crippen LogP contribution < -0.4 is 10.6 Å². The molecule has 1 atom stereocenters. The minimum Gasteiger partial charge on any atom is -0.381 e. The Kier molecular flexibility index (Phi) is 5.22. The fourth-order valence-electron chi connectivity index (χ4n) is 2.29. The van der Waals surface area contributed by atoms with Gasteiger partial charge in [0.05, 0.1) is 13.2 Å². The smallest absolute Gasteiger partial charge is 0.239 e. The summed E-state index contributed by atoms with van der Waals surface area (Å²) < 4.78 is 10.6. The van der Waals surface area contributed by atoms with Gasteiger partial charge in [0.15, 0.2) is 0 Å². The summed E-state index contributed by atoms with van der Waals surface area (Å²) in [5, 5.41) is 6.13. The number of ether oxygens (including phenoxy) is 2. The van der Waals surface area contributed by atoms with Crippen molar-refractivity contribution < 1.29 is 14.3 Å². The van der Waals surface area contributed by atoms with E-state index in [9.17, 15) is 4.79 Å². The minimum atomic E-state index is -0.168. The zero-order valence-electron chi connectivity index (χ0n) is 10.2. The van der Waals surface area contributed by atoms with Crippen molar-refractivity contribution in [3.63, 3.8) is 0 Å². The van der Waals surface area contributed by atoms with E-state index in [0.29, 0.717) is 19.1 Å². The number of rotatable bonds is 4. The fourth-order valence-corrected chi connectivity index (χ4v) is 2.29. The van der Waals surface area contributed by atoms with Crippen LogP contribution >= 0.6 is 0 Å². The Hall–Kier alpha value is -0.650. The Labute approximate surface area is 102 Å². The normalized spacial score (nSPS) is 26.7. The molecular formula is C12H22N2O3. The highest BCUT2D eigenvalue weighted by Gasteiger charge is 2.21. The van der Waals surface area contributed by atoms with Crippen molar-refractivity contribution in [1.82, 2.24) is 10.6 Å². The molecule has 2 aliphatic heterocycles. The molecule has 98 valence electrons. The Morgan fingerprint density at radius 1 is 1.24 bits per heavy atom. The van der Waals surface area contributed by atoms with Crippen LogP contribution in [0.4, 0.5) is 0 Å². The van der Waals surface area contributed by atoms with Crippen molar-refractivity contribution in [3.8, 4) is 0 Å². The molecule has 5 nitrogen and oxygen atoms in total. The van der Waals surface area contributed by atoms with E-state index in [1.54, 1.807) is 0 Å². The molecule has 0 aromatic rings. The van der Waals surface area contributed by atoms with Gasteiger partial charge in [-0.05, 0) is 25.2 Å². The third-order valence-corrected chi connectivity index (χ3v) is 3.43. The first-order chi connectivity index (χ1) is 8.36. The molecule has 2 saturated heterocycles. The summed E-state index contributed by atoms with van der Waals surface area (Å²) in [5.74, 6) is 0.774. The summed E-state index contributed by atoms with van der Waals surface area (Å²) in [4.78, 5) is 11.8. The standard InChI is InChI=1S/C12H22N2O3/c15-12(11-9-17-8-5-13-11)14-4-1-10-2-6-16-7-3-10/h10-11,13H,1-9H2,(H,14,15). The minimum absolute atomic E-state index is 0.0664. The monoisotopic (exact) mass is 242 g/mol. The predicted octanol–water partition coefficient (Wildman–Crippen LogP) is -0.0923. The van der Waals surface area contributed by atoms with E-state index in [0.717, 1.165) is 45.6 Å². The summed E-state index contributed by atoms with van der Waals surface area (Å²) in [5.41, 5.74) is 0. The molecule has 0 aromatic heterocycles. The highest BCUT2D eigenvalue weighted by molar-refractivity contribution is 5.81. The van der Waals surface area contributed by atoms with Gasteiger partial charge in [-0.3, -0.25) is 4.79 Å². The van der Waals surface area contributed by atoms with Gasteiger partial charge in [0.25, 0.3) is 0 Å². The van der Waals surface area contributed by atoms with Crippen molar-refractivity contribution in [1.29, 1.82) is 0 Å². The molecule has 0 saturated carbocycles. The Bertz CT molecular complexity index is 236. The maximum absolute atomic E-state index is 11.8. The molecule has 2 aliphatic rings. The first-order valence-electron chi connectivity index (χ1n) is 6.53. The quantitative estimate of drug-likeness (QED) is 0.723. The van der Waals surface area contributed by atoms with E-state index in [1.165, 1.54) is 0 Å². The maximum Gasteiger partial charge on any atom is 0.239 e. The molecule has 0 bridgehead atoms. The Morgan fingerprint density at radius 2 is 2.06 bits per heavy atom. The molecule has 0 aromatic carbocycles. The first kappa shape index (κ1) is 12.8. The second kappa shape index (κ2) is 6.93. The van der Waals surface area contributed by atoms with Crippen LogP contribution in [0.3, 0.4) is 0 Å². The van der Waals surface area contributed by atoms with Gasteiger partial charge in [-0.15, -0.1) is 0 Å². The molecule has 5 heteroatoms. The third-order valence-electron chi connectivity index (χ3n) is 3.43. The van der Waals surface area contributed by atoms with Crippen molar-refractivity contribution in [2.45, 2.75) is 25.3 Å². The number of nitrogens with one attached hydrogen (secondary N) is 2. The molecule has 2 heterocycles. The van der Waals surface area contributed by atoms with E-state index in [4.69, 9.17) is 9.47 Å². The van der Waals surface area contributed by atoms with Crippen LogP contribution in [0.2, 0.25) is 0 Å². The summed E-state index contributed by atoms with van der Waals surface area (Å²) in [6.07, 6.45) is 3.31. The molecule has 1 amide bonds. The van der Waals surface area contributed by atoms with E-state index in [1.807, 2.05) is 0 Å². The topological polar surface area (TPSA) is 59.6 Å². The highest BCUT2D eigenvalue weighted by atomic mass is 16.5. The molecule has 2 fully saturated rings. The summed E-state index contributed by atoms with van der Waals surface area (Å²) in [6.45, 7) is 4.46. The van der Waals surface area contributed by atoms with Crippen LogP contribution in [0.5, 0.6) is 0 Å². The number of hydrogen-bond donors (Lipinski definition) is 2.